The normalized spacial score (nSPS) is 14.2. The Labute approximate surface area is 147 Å². The summed E-state index contributed by atoms with van der Waals surface area (Å²) in [6.07, 6.45) is 2.43. The number of carbonyl (C=O) groups is 1. The summed E-state index contributed by atoms with van der Waals surface area (Å²) in [7, 11) is 5.67. The molecule has 128 valence electrons. The third-order valence-electron chi connectivity index (χ3n) is 4.29. The summed E-state index contributed by atoms with van der Waals surface area (Å²) in [5, 5.41) is 7.31. The van der Waals surface area contributed by atoms with Crippen molar-refractivity contribution in [3.05, 3.63) is 46.0 Å². The molecular weight excluding hydrogens is 322 g/mol. The number of benzene rings is 1. The van der Waals surface area contributed by atoms with Gasteiger partial charge in [-0.15, -0.1) is 0 Å². The highest BCUT2D eigenvalue weighted by Gasteiger charge is 2.29. The first-order chi connectivity index (χ1) is 11.5. The molecule has 1 aromatic heterocycles. The number of nitrogens with one attached hydrogen (secondary N) is 1. The highest BCUT2D eigenvalue weighted by Crippen LogP contribution is 2.38. The SMILES string of the molecule is CNC(=O)c1ccc(CN(C)Cn2nc(C3CC3)n(C)c2=S)cc1. The minimum absolute atomic E-state index is 0.0673. The molecule has 7 heteroatoms. The molecule has 1 heterocycles. The van der Waals surface area contributed by atoms with E-state index in [-0.39, 0.29) is 5.91 Å². The minimum Gasteiger partial charge on any atom is -0.355 e. The number of amides is 1. The average molecular weight is 345 g/mol. The Bertz CT molecular complexity index is 788. The number of nitrogens with zero attached hydrogens (tertiary/aromatic N) is 4. The lowest BCUT2D eigenvalue weighted by Crippen LogP contribution is -2.23. The van der Waals surface area contributed by atoms with Crippen LogP contribution in [0.25, 0.3) is 0 Å². The maximum absolute atomic E-state index is 11.6. The maximum Gasteiger partial charge on any atom is 0.251 e. The van der Waals surface area contributed by atoms with Gasteiger partial charge in [0.25, 0.3) is 5.91 Å². The second-order valence-corrected chi connectivity index (χ2v) is 6.77. The van der Waals surface area contributed by atoms with Gasteiger partial charge in [0, 0.05) is 32.1 Å². The van der Waals surface area contributed by atoms with Gasteiger partial charge in [0.1, 0.15) is 5.82 Å². The van der Waals surface area contributed by atoms with Crippen LogP contribution in [0.4, 0.5) is 0 Å². The fourth-order valence-corrected chi connectivity index (χ4v) is 2.98. The highest BCUT2D eigenvalue weighted by atomic mass is 32.1. The van der Waals surface area contributed by atoms with Crippen LogP contribution in [0.2, 0.25) is 0 Å². The molecule has 1 aliphatic carbocycles. The second kappa shape index (κ2) is 6.86. The van der Waals surface area contributed by atoms with Gasteiger partial charge in [-0.1, -0.05) is 12.1 Å². The third kappa shape index (κ3) is 3.57. The molecule has 0 saturated heterocycles. The van der Waals surface area contributed by atoms with Gasteiger partial charge in [0.15, 0.2) is 4.77 Å². The van der Waals surface area contributed by atoms with Gasteiger partial charge in [0.2, 0.25) is 0 Å². The molecule has 0 spiro atoms. The topological polar surface area (TPSA) is 55.1 Å². The molecule has 0 unspecified atom stereocenters. The third-order valence-corrected chi connectivity index (χ3v) is 4.77. The Morgan fingerprint density at radius 2 is 2.04 bits per heavy atom. The van der Waals surface area contributed by atoms with E-state index in [1.165, 1.54) is 12.8 Å². The van der Waals surface area contributed by atoms with Crippen molar-refractivity contribution in [2.75, 3.05) is 14.1 Å². The molecule has 1 aromatic carbocycles. The van der Waals surface area contributed by atoms with Crippen LogP contribution in [0.5, 0.6) is 0 Å². The predicted molar refractivity (Wildman–Crippen MR) is 95.3 cm³/mol. The summed E-state index contributed by atoms with van der Waals surface area (Å²) >= 11 is 5.50. The van der Waals surface area contributed by atoms with Gasteiger partial charge in [0.05, 0.1) is 6.67 Å². The van der Waals surface area contributed by atoms with Gasteiger partial charge in [-0.2, -0.15) is 5.10 Å². The molecule has 24 heavy (non-hydrogen) atoms. The highest BCUT2D eigenvalue weighted by molar-refractivity contribution is 7.71. The van der Waals surface area contributed by atoms with Crippen LogP contribution in [-0.4, -0.2) is 39.3 Å². The van der Waals surface area contributed by atoms with Gasteiger partial charge in [-0.05, 0) is 49.8 Å². The molecule has 3 rings (SSSR count). The minimum atomic E-state index is -0.0673. The van der Waals surface area contributed by atoms with E-state index in [0.717, 1.165) is 22.7 Å². The molecule has 0 bridgehead atoms. The van der Waals surface area contributed by atoms with Crippen molar-refractivity contribution in [2.24, 2.45) is 7.05 Å². The summed E-state index contributed by atoms with van der Waals surface area (Å²) in [5.74, 6) is 1.62. The lowest BCUT2D eigenvalue weighted by molar-refractivity contribution is 0.0963. The molecule has 0 atom stereocenters. The van der Waals surface area contributed by atoms with Gasteiger partial charge in [-0.3, -0.25) is 9.69 Å². The van der Waals surface area contributed by atoms with Crippen LogP contribution < -0.4 is 5.32 Å². The molecule has 6 nitrogen and oxygen atoms in total. The number of aromatic nitrogens is 3. The van der Waals surface area contributed by atoms with Crippen molar-refractivity contribution in [3.63, 3.8) is 0 Å². The van der Waals surface area contributed by atoms with Crippen molar-refractivity contribution in [3.8, 4) is 0 Å². The van der Waals surface area contributed by atoms with Crippen LogP contribution in [0.1, 0.15) is 40.5 Å². The van der Waals surface area contributed by atoms with E-state index < -0.39 is 0 Å². The second-order valence-electron chi connectivity index (χ2n) is 6.41. The van der Waals surface area contributed by atoms with Crippen LogP contribution in [0.3, 0.4) is 0 Å². The zero-order valence-corrected chi connectivity index (χ0v) is 15.1. The van der Waals surface area contributed by atoms with E-state index >= 15 is 0 Å². The van der Waals surface area contributed by atoms with Gasteiger partial charge < -0.3 is 9.88 Å². The zero-order valence-electron chi connectivity index (χ0n) is 14.3. The Morgan fingerprint density at radius 1 is 1.38 bits per heavy atom. The molecule has 1 aliphatic rings. The fourth-order valence-electron chi connectivity index (χ4n) is 2.79. The summed E-state index contributed by atoms with van der Waals surface area (Å²) in [4.78, 5) is 13.7. The number of rotatable bonds is 6. The quantitative estimate of drug-likeness (QED) is 0.816. The smallest absolute Gasteiger partial charge is 0.251 e. The first kappa shape index (κ1) is 16.9. The van der Waals surface area contributed by atoms with E-state index in [0.29, 0.717) is 18.2 Å². The van der Waals surface area contributed by atoms with Crippen molar-refractivity contribution >= 4 is 18.1 Å². The molecule has 1 fully saturated rings. The number of hydrogen-bond acceptors (Lipinski definition) is 4. The number of hydrogen-bond donors (Lipinski definition) is 1. The molecule has 1 N–H and O–H groups in total. The summed E-state index contributed by atoms with van der Waals surface area (Å²) in [5.41, 5.74) is 1.82. The van der Waals surface area contributed by atoms with E-state index in [4.69, 9.17) is 12.2 Å². The molecule has 0 aliphatic heterocycles. The summed E-state index contributed by atoms with van der Waals surface area (Å²) < 4.78 is 4.68. The maximum atomic E-state index is 11.6. The van der Waals surface area contributed by atoms with Crippen LogP contribution in [-0.2, 0) is 20.3 Å². The number of carbonyl (C=O) groups excluding carboxylic acids is 1. The van der Waals surface area contributed by atoms with Gasteiger partial charge >= 0.3 is 0 Å². The van der Waals surface area contributed by atoms with Crippen LogP contribution >= 0.6 is 12.2 Å². The Morgan fingerprint density at radius 3 is 2.62 bits per heavy atom. The summed E-state index contributed by atoms with van der Waals surface area (Å²) in [6, 6.07) is 7.65. The van der Waals surface area contributed by atoms with Crippen LogP contribution in [0.15, 0.2) is 24.3 Å². The molecular formula is C17H23N5OS. The Kier molecular flexibility index (Phi) is 4.82. The molecule has 1 saturated carbocycles. The Balaban J connectivity index is 1.65. The van der Waals surface area contributed by atoms with Crippen LogP contribution in [0, 0.1) is 4.77 Å². The molecule has 2 aromatic rings. The van der Waals surface area contributed by atoms with E-state index in [1.807, 2.05) is 47.6 Å². The molecule has 1 amide bonds. The van der Waals surface area contributed by atoms with E-state index in [2.05, 4.69) is 15.3 Å². The van der Waals surface area contributed by atoms with Crippen molar-refractivity contribution in [2.45, 2.75) is 32.0 Å². The monoisotopic (exact) mass is 345 g/mol. The fraction of sp³-hybridized carbons (Fsp3) is 0.471. The molecule has 0 radical (unpaired) electrons. The lowest BCUT2D eigenvalue weighted by atomic mass is 10.1. The van der Waals surface area contributed by atoms with Crippen molar-refractivity contribution < 1.29 is 4.79 Å². The lowest BCUT2D eigenvalue weighted by Gasteiger charge is -2.16. The zero-order chi connectivity index (χ0) is 17.3. The standard InChI is InChI=1S/C17H23N5OS/c1-18-16(23)14-6-4-12(5-7-14)10-20(2)11-22-17(24)21(3)15(19-22)13-8-9-13/h4-7,13H,8-11H2,1-3H3,(H,18,23). The van der Waals surface area contributed by atoms with Gasteiger partial charge in [-0.25, -0.2) is 4.68 Å². The first-order valence-electron chi connectivity index (χ1n) is 8.13. The summed E-state index contributed by atoms with van der Waals surface area (Å²) in [6.45, 7) is 1.42. The van der Waals surface area contributed by atoms with Crippen molar-refractivity contribution in [1.29, 1.82) is 0 Å². The average Bonchev–Trinajstić information content (AvgIpc) is 3.38. The van der Waals surface area contributed by atoms with E-state index in [1.54, 1.807) is 7.05 Å². The Hall–Kier alpha value is -1.99. The first-order valence-corrected chi connectivity index (χ1v) is 8.53. The van der Waals surface area contributed by atoms with E-state index in [9.17, 15) is 4.79 Å². The largest absolute Gasteiger partial charge is 0.355 e. The van der Waals surface area contributed by atoms with Crippen molar-refractivity contribution in [1.82, 2.24) is 24.6 Å². The predicted octanol–water partition coefficient (Wildman–Crippen LogP) is 2.28.